The fourth-order valence-corrected chi connectivity index (χ4v) is 3.64. The van der Waals surface area contributed by atoms with E-state index in [4.69, 9.17) is 21.1 Å². The summed E-state index contributed by atoms with van der Waals surface area (Å²) in [6.45, 7) is 7.70. The number of halogens is 1. The first-order chi connectivity index (χ1) is 12.8. The number of hydrogen-bond donors (Lipinski definition) is 1. The summed E-state index contributed by atoms with van der Waals surface area (Å²) in [5.74, 6) is -1.80. The molecule has 0 saturated carbocycles. The van der Waals surface area contributed by atoms with Gasteiger partial charge in [-0.1, -0.05) is 11.6 Å². The maximum atomic E-state index is 12.6. The lowest BCUT2D eigenvalue weighted by Gasteiger charge is -2.06. The molecule has 0 aliphatic heterocycles. The zero-order valence-corrected chi connectivity index (χ0v) is 17.0. The van der Waals surface area contributed by atoms with E-state index < -0.39 is 17.8 Å². The van der Waals surface area contributed by atoms with Gasteiger partial charge in [-0.2, -0.15) is 5.10 Å². The lowest BCUT2D eigenvalue weighted by Crippen LogP contribution is -2.16. The molecule has 2 aromatic heterocycles. The summed E-state index contributed by atoms with van der Waals surface area (Å²) in [4.78, 5) is 37.3. The van der Waals surface area contributed by atoms with Gasteiger partial charge in [0.15, 0.2) is 5.69 Å². The molecule has 0 radical (unpaired) electrons. The molecule has 2 heterocycles. The fraction of sp³-hybridized carbons (Fsp3) is 0.412. The van der Waals surface area contributed by atoms with Crippen molar-refractivity contribution < 1.29 is 23.9 Å². The molecule has 0 bridgehead atoms. The minimum atomic E-state index is -0.637. The molecular weight excluding hydrogens is 394 g/mol. The quantitative estimate of drug-likeness (QED) is 0.697. The Morgan fingerprint density at radius 3 is 2.37 bits per heavy atom. The molecule has 2 aromatic rings. The van der Waals surface area contributed by atoms with Crippen LogP contribution in [-0.4, -0.2) is 40.8 Å². The number of rotatable bonds is 7. The van der Waals surface area contributed by atoms with Gasteiger partial charge in [-0.25, -0.2) is 9.59 Å². The van der Waals surface area contributed by atoms with Crippen molar-refractivity contribution >= 4 is 45.8 Å². The topological polar surface area (TPSA) is 99.5 Å². The number of esters is 2. The molecule has 0 atom stereocenters. The van der Waals surface area contributed by atoms with Crippen LogP contribution in [0.2, 0.25) is 5.02 Å². The Kier molecular flexibility index (Phi) is 6.98. The number of thiophene rings is 1. The highest BCUT2D eigenvalue weighted by Crippen LogP contribution is 2.35. The van der Waals surface area contributed by atoms with Crippen LogP contribution in [0.25, 0.3) is 0 Å². The minimum absolute atomic E-state index is 0.0251. The maximum Gasteiger partial charge on any atom is 0.348 e. The van der Waals surface area contributed by atoms with E-state index in [9.17, 15) is 14.4 Å². The third kappa shape index (κ3) is 4.48. The average Bonchev–Trinajstić information content (AvgIpc) is 3.15. The van der Waals surface area contributed by atoms with E-state index in [1.54, 1.807) is 20.8 Å². The van der Waals surface area contributed by atoms with Crippen LogP contribution in [0.1, 0.15) is 56.9 Å². The highest BCUT2D eigenvalue weighted by Gasteiger charge is 2.28. The van der Waals surface area contributed by atoms with E-state index in [0.717, 1.165) is 11.3 Å². The third-order valence-electron chi connectivity index (χ3n) is 3.57. The number of anilines is 1. The van der Waals surface area contributed by atoms with Crippen LogP contribution in [0.3, 0.4) is 0 Å². The predicted molar refractivity (Wildman–Crippen MR) is 102 cm³/mol. The van der Waals surface area contributed by atoms with Crippen LogP contribution >= 0.6 is 22.9 Å². The van der Waals surface area contributed by atoms with E-state index in [0.29, 0.717) is 12.1 Å². The standard InChI is InChI=1S/C17H20ClN3O5S/c1-5-21-8-10(18)12(20-21)14(22)19-15-11(16(23)25-6-2)9(4)13(27-15)17(24)26-7-3/h8H,5-7H2,1-4H3,(H,19,22). The highest BCUT2D eigenvalue weighted by molar-refractivity contribution is 7.18. The molecule has 10 heteroatoms. The van der Waals surface area contributed by atoms with Crippen molar-refractivity contribution in [3.63, 3.8) is 0 Å². The Balaban J connectivity index is 2.42. The van der Waals surface area contributed by atoms with Crippen LogP contribution in [-0.2, 0) is 16.0 Å². The van der Waals surface area contributed by atoms with Crippen molar-refractivity contribution in [3.05, 3.63) is 32.9 Å². The molecular formula is C17H20ClN3O5S. The normalized spacial score (nSPS) is 10.6. The highest BCUT2D eigenvalue weighted by atomic mass is 35.5. The van der Waals surface area contributed by atoms with Crippen LogP contribution < -0.4 is 5.32 Å². The van der Waals surface area contributed by atoms with Gasteiger partial charge in [0.25, 0.3) is 5.91 Å². The number of aryl methyl sites for hydroxylation is 1. The fourth-order valence-electron chi connectivity index (χ4n) is 2.32. The molecule has 146 valence electrons. The zero-order chi connectivity index (χ0) is 20.1. The number of amides is 1. The molecule has 27 heavy (non-hydrogen) atoms. The number of nitrogens with one attached hydrogen (secondary N) is 1. The molecule has 1 N–H and O–H groups in total. The van der Waals surface area contributed by atoms with Crippen molar-refractivity contribution in [3.8, 4) is 0 Å². The summed E-state index contributed by atoms with van der Waals surface area (Å²) >= 11 is 7.00. The molecule has 0 spiro atoms. The summed E-state index contributed by atoms with van der Waals surface area (Å²) in [6.07, 6.45) is 1.53. The summed E-state index contributed by atoms with van der Waals surface area (Å²) in [5.41, 5.74) is 0.527. The monoisotopic (exact) mass is 413 g/mol. The number of ether oxygens (including phenoxy) is 2. The Morgan fingerprint density at radius 1 is 1.19 bits per heavy atom. The van der Waals surface area contributed by atoms with E-state index in [-0.39, 0.29) is 39.4 Å². The summed E-state index contributed by atoms with van der Waals surface area (Å²) in [7, 11) is 0. The Bertz CT molecular complexity index is 874. The number of hydrogen-bond acceptors (Lipinski definition) is 7. The second kappa shape index (κ2) is 9.01. The number of carbonyl (C=O) groups is 3. The largest absolute Gasteiger partial charge is 0.462 e. The Hall–Kier alpha value is -2.39. The SMILES string of the molecule is CCOC(=O)c1sc(NC(=O)c2nn(CC)cc2Cl)c(C(=O)OCC)c1C. The molecule has 0 unspecified atom stereocenters. The number of aromatic nitrogens is 2. The van der Waals surface area contributed by atoms with Gasteiger partial charge in [-0.15, -0.1) is 11.3 Å². The number of nitrogens with zero attached hydrogens (tertiary/aromatic N) is 2. The molecule has 1 amide bonds. The van der Waals surface area contributed by atoms with E-state index in [1.807, 2.05) is 6.92 Å². The van der Waals surface area contributed by atoms with Gasteiger partial charge in [0.1, 0.15) is 9.88 Å². The first kappa shape index (κ1) is 20.9. The van der Waals surface area contributed by atoms with Crippen LogP contribution in [0, 0.1) is 6.92 Å². The lowest BCUT2D eigenvalue weighted by molar-refractivity contribution is 0.0527. The molecule has 0 aliphatic rings. The van der Waals surface area contributed by atoms with E-state index in [2.05, 4.69) is 10.4 Å². The lowest BCUT2D eigenvalue weighted by atomic mass is 10.1. The van der Waals surface area contributed by atoms with Gasteiger partial charge in [0.05, 0.1) is 23.8 Å². The first-order valence-corrected chi connectivity index (χ1v) is 9.55. The summed E-state index contributed by atoms with van der Waals surface area (Å²) in [6, 6.07) is 0. The van der Waals surface area contributed by atoms with Crippen LogP contribution in [0.15, 0.2) is 6.20 Å². The van der Waals surface area contributed by atoms with Gasteiger partial charge in [-0.05, 0) is 33.3 Å². The van der Waals surface area contributed by atoms with Crippen LogP contribution in [0.5, 0.6) is 0 Å². The molecule has 0 aliphatic carbocycles. The van der Waals surface area contributed by atoms with Crippen molar-refractivity contribution in [2.24, 2.45) is 0 Å². The van der Waals surface area contributed by atoms with Crippen LogP contribution in [0.4, 0.5) is 5.00 Å². The van der Waals surface area contributed by atoms with Crippen molar-refractivity contribution in [1.29, 1.82) is 0 Å². The third-order valence-corrected chi connectivity index (χ3v) is 5.03. The van der Waals surface area contributed by atoms with Gasteiger partial charge in [0, 0.05) is 12.7 Å². The average molecular weight is 414 g/mol. The van der Waals surface area contributed by atoms with Gasteiger partial charge < -0.3 is 14.8 Å². The molecule has 2 rings (SSSR count). The second-order valence-electron chi connectivity index (χ2n) is 5.34. The number of carbonyl (C=O) groups excluding carboxylic acids is 3. The molecule has 8 nitrogen and oxygen atoms in total. The predicted octanol–water partition coefficient (Wildman–Crippen LogP) is 3.53. The van der Waals surface area contributed by atoms with Gasteiger partial charge in [0.2, 0.25) is 0 Å². The first-order valence-electron chi connectivity index (χ1n) is 8.35. The summed E-state index contributed by atoms with van der Waals surface area (Å²) in [5, 5.41) is 7.08. The van der Waals surface area contributed by atoms with Crippen molar-refractivity contribution in [2.75, 3.05) is 18.5 Å². The Labute approximate surface area is 165 Å². The molecule has 0 aromatic carbocycles. The van der Waals surface area contributed by atoms with E-state index >= 15 is 0 Å². The minimum Gasteiger partial charge on any atom is -0.462 e. The van der Waals surface area contributed by atoms with Gasteiger partial charge in [-0.3, -0.25) is 9.48 Å². The smallest absolute Gasteiger partial charge is 0.348 e. The van der Waals surface area contributed by atoms with Crippen molar-refractivity contribution in [1.82, 2.24) is 9.78 Å². The van der Waals surface area contributed by atoms with Gasteiger partial charge >= 0.3 is 11.9 Å². The summed E-state index contributed by atoms with van der Waals surface area (Å²) < 4.78 is 11.6. The maximum absolute atomic E-state index is 12.6. The van der Waals surface area contributed by atoms with Crippen molar-refractivity contribution in [2.45, 2.75) is 34.2 Å². The van der Waals surface area contributed by atoms with E-state index in [1.165, 1.54) is 10.9 Å². The molecule has 0 fully saturated rings. The Morgan fingerprint density at radius 2 is 1.81 bits per heavy atom. The zero-order valence-electron chi connectivity index (χ0n) is 15.4. The molecule has 0 saturated heterocycles. The second-order valence-corrected chi connectivity index (χ2v) is 6.76.